The molecule has 1 spiro atoms. The molecule has 114 valence electrons. The molecule has 0 aromatic heterocycles. The van der Waals surface area contributed by atoms with E-state index in [2.05, 4.69) is 19.1 Å². The van der Waals surface area contributed by atoms with Crippen LogP contribution in [0.1, 0.15) is 36.5 Å². The molecule has 2 heterocycles. The summed E-state index contributed by atoms with van der Waals surface area (Å²) < 4.78 is 6.02. The van der Waals surface area contributed by atoms with Crippen molar-refractivity contribution < 1.29 is 9.53 Å². The molecular formula is C17H22O2S2. The lowest BCUT2D eigenvalue weighted by Gasteiger charge is -2.37. The highest BCUT2D eigenvalue weighted by molar-refractivity contribution is 7.99. The molecule has 2 aliphatic heterocycles. The zero-order chi connectivity index (χ0) is 14.7. The Morgan fingerprint density at radius 3 is 2.90 bits per heavy atom. The molecule has 3 rings (SSSR count). The van der Waals surface area contributed by atoms with Crippen molar-refractivity contribution in [2.24, 2.45) is 5.92 Å². The number of ether oxygens (including phenoxy) is 1. The molecule has 0 bridgehead atoms. The normalized spacial score (nSPS) is 28.9. The van der Waals surface area contributed by atoms with Crippen molar-refractivity contribution in [3.05, 3.63) is 29.8 Å². The summed E-state index contributed by atoms with van der Waals surface area (Å²) in [6, 6.07) is 8.13. The van der Waals surface area contributed by atoms with E-state index >= 15 is 0 Å². The minimum absolute atomic E-state index is 0.0127. The molecule has 2 aliphatic rings. The van der Waals surface area contributed by atoms with E-state index in [0.29, 0.717) is 5.78 Å². The minimum atomic E-state index is -0.0127. The summed E-state index contributed by atoms with van der Waals surface area (Å²) in [5.74, 6) is 3.74. The van der Waals surface area contributed by atoms with Crippen LogP contribution in [0.3, 0.4) is 0 Å². The van der Waals surface area contributed by atoms with E-state index in [1.807, 2.05) is 35.7 Å². The van der Waals surface area contributed by atoms with Crippen LogP contribution in [0.5, 0.6) is 0 Å². The number of ketones is 1. The fourth-order valence-electron chi connectivity index (χ4n) is 3.23. The summed E-state index contributed by atoms with van der Waals surface area (Å²) in [5, 5.41) is 0. The molecule has 0 radical (unpaired) electrons. The number of benzene rings is 1. The summed E-state index contributed by atoms with van der Waals surface area (Å²) in [4.78, 5) is 14.0. The maximum Gasteiger partial charge on any atom is 0.166 e. The van der Waals surface area contributed by atoms with Gasteiger partial charge in [0.15, 0.2) is 5.78 Å². The third-order valence-corrected chi connectivity index (χ3v) is 6.50. The zero-order valence-corrected chi connectivity index (χ0v) is 14.1. The van der Waals surface area contributed by atoms with Gasteiger partial charge in [-0.15, -0.1) is 11.8 Å². The van der Waals surface area contributed by atoms with Crippen molar-refractivity contribution in [3.63, 3.8) is 0 Å². The van der Waals surface area contributed by atoms with Crippen LogP contribution in [-0.2, 0) is 4.74 Å². The fourth-order valence-corrected chi connectivity index (χ4v) is 5.27. The first-order chi connectivity index (χ1) is 10.2. The zero-order valence-electron chi connectivity index (χ0n) is 12.5. The summed E-state index contributed by atoms with van der Waals surface area (Å²) >= 11 is 3.77. The molecule has 1 aromatic carbocycles. The molecule has 2 unspecified atom stereocenters. The Balaban J connectivity index is 1.69. The SMILES string of the molecule is CCSc1ccc(C(=O)C2CCOC3(CCSC3)C2)cc1. The number of thioether (sulfide) groups is 2. The molecule has 2 saturated heterocycles. The molecule has 4 heteroatoms. The smallest absolute Gasteiger partial charge is 0.166 e. The van der Waals surface area contributed by atoms with E-state index in [0.717, 1.165) is 42.9 Å². The Bertz CT molecular complexity index is 492. The number of hydrogen-bond acceptors (Lipinski definition) is 4. The Kier molecular flexibility index (Phi) is 4.97. The lowest BCUT2D eigenvalue weighted by Crippen LogP contribution is -2.42. The molecule has 21 heavy (non-hydrogen) atoms. The lowest BCUT2D eigenvalue weighted by atomic mass is 9.81. The molecule has 0 amide bonds. The van der Waals surface area contributed by atoms with Crippen LogP contribution < -0.4 is 0 Å². The van der Waals surface area contributed by atoms with Gasteiger partial charge in [0.25, 0.3) is 0 Å². The van der Waals surface area contributed by atoms with Gasteiger partial charge in [-0.3, -0.25) is 4.79 Å². The molecular weight excluding hydrogens is 300 g/mol. The minimum Gasteiger partial charge on any atom is -0.374 e. The Hall–Kier alpha value is -0.450. The van der Waals surface area contributed by atoms with E-state index in [9.17, 15) is 4.79 Å². The maximum absolute atomic E-state index is 12.7. The van der Waals surface area contributed by atoms with Crippen molar-refractivity contribution in [3.8, 4) is 0 Å². The van der Waals surface area contributed by atoms with Crippen LogP contribution in [0.15, 0.2) is 29.2 Å². The average Bonchev–Trinajstić information content (AvgIpc) is 2.95. The predicted octanol–water partition coefficient (Wildman–Crippen LogP) is 4.28. The van der Waals surface area contributed by atoms with Gasteiger partial charge in [-0.2, -0.15) is 11.8 Å². The van der Waals surface area contributed by atoms with E-state index in [-0.39, 0.29) is 11.5 Å². The van der Waals surface area contributed by atoms with Crippen LogP contribution in [0.2, 0.25) is 0 Å². The van der Waals surface area contributed by atoms with E-state index in [1.165, 1.54) is 10.6 Å². The fraction of sp³-hybridized carbons (Fsp3) is 0.588. The number of rotatable bonds is 4. The van der Waals surface area contributed by atoms with E-state index < -0.39 is 0 Å². The third-order valence-electron chi connectivity index (χ3n) is 4.38. The molecule has 2 atom stereocenters. The van der Waals surface area contributed by atoms with Gasteiger partial charge in [0.2, 0.25) is 0 Å². The van der Waals surface area contributed by atoms with Gasteiger partial charge in [0.1, 0.15) is 0 Å². The standard InChI is InChI=1S/C17H22O2S2/c1-2-21-15-5-3-13(4-6-15)16(18)14-7-9-19-17(11-14)8-10-20-12-17/h3-6,14H,2,7-12H2,1H3. The van der Waals surface area contributed by atoms with Gasteiger partial charge >= 0.3 is 0 Å². The summed E-state index contributed by atoms with van der Waals surface area (Å²) in [7, 11) is 0. The van der Waals surface area contributed by atoms with Gasteiger partial charge in [-0.25, -0.2) is 0 Å². The first kappa shape index (κ1) is 15.4. The van der Waals surface area contributed by atoms with Crippen molar-refractivity contribution in [2.45, 2.75) is 36.7 Å². The second-order valence-corrected chi connectivity index (χ2v) is 8.29. The van der Waals surface area contributed by atoms with Crippen LogP contribution in [0.25, 0.3) is 0 Å². The quantitative estimate of drug-likeness (QED) is 0.610. The van der Waals surface area contributed by atoms with Gasteiger partial charge < -0.3 is 4.74 Å². The first-order valence-corrected chi connectivity index (χ1v) is 9.85. The topological polar surface area (TPSA) is 26.3 Å². The number of hydrogen-bond donors (Lipinski definition) is 0. The number of Topliss-reactive ketones (excluding diaryl/α,β-unsaturated/α-hetero) is 1. The predicted molar refractivity (Wildman–Crippen MR) is 90.5 cm³/mol. The molecule has 0 aliphatic carbocycles. The highest BCUT2D eigenvalue weighted by Crippen LogP contribution is 2.41. The Morgan fingerprint density at radius 1 is 1.43 bits per heavy atom. The van der Waals surface area contributed by atoms with E-state index in [4.69, 9.17) is 4.74 Å². The van der Waals surface area contributed by atoms with E-state index in [1.54, 1.807) is 0 Å². The second-order valence-electron chi connectivity index (χ2n) is 5.85. The van der Waals surface area contributed by atoms with Crippen LogP contribution in [-0.4, -0.2) is 35.2 Å². The monoisotopic (exact) mass is 322 g/mol. The van der Waals surface area contributed by atoms with Crippen molar-refractivity contribution in [1.82, 2.24) is 0 Å². The van der Waals surface area contributed by atoms with Gasteiger partial charge in [0, 0.05) is 28.7 Å². The van der Waals surface area contributed by atoms with Gasteiger partial charge in [0.05, 0.1) is 5.60 Å². The van der Waals surface area contributed by atoms with Crippen LogP contribution in [0.4, 0.5) is 0 Å². The van der Waals surface area contributed by atoms with Gasteiger partial charge in [-0.1, -0.05) is 19.1 Å². The van der Waals surface area contributed by atoms with Crippen LogP contribution in [0, 0.1) is 5.92 Å². The summed E-state index contributed by atoms with van der Waals surface area (Å²) in [5.41, 5.74) is 0.851. The molecule has 0 saturated carbocycles. The summed E-state index contributed by atoms with van der Waals surface area (Å²) in [6.07, 6.45) is 2.88. The molecule has 1 aromatic rings. The Labute approximate surface area is 135 Å². The third kappa shape index (κ3) is 3.49. The lowest BCUT2D eigenvalue weighted by molar-refractivity contribution is -0.0734. The van der Waals surface area contributed by atoms with Gasteiger partial charge in [-0.05, 0) is 42.9 Å². The molecule has 0 N–H and O–H groups in total. The highest BCUT2D eigenvalue weighted by Gasteiger charge is 2.42. The second kappa shape index (κ2) is 6.76. The highest BCUT2D eigenvalue weighted by atomic mass is 32.2. The largest absolute Gasteiger partial charge is 0.374 e. The number of carbonyl (C=O) groups is 1. The van der Waals surface area contributed by atoms with Crippen molar-refractivity contribution in [2.75, 3.05) is 23.9 Å². The maximum atomic E-state index is 12.7. The first-order valence-electron chi connectivity index (χ1n) is 7.71. The van der Waals surface area contributed by atoms with Crippen molar-refractivity contribution >= 4 is 29.3 Å². The molecule has 2 nitrogen and oxygen atoms in total. The van der Waals surface area contributed by atoms with Crippen LogP contribution >= 0.6 is 23.5 Å². The molecule has 2 fully saturated rings. The summed E-state index contributed by atoms with van der Waals surface area (Å²) in [6.45, 7) is 2.88. The Morgan fingerprint density at radius 2 is 2.24 bits per heavy atom. The number of carbonyl (C=O) groups excluding carboxylic acids is 1. The van der Waals surface area contributed by atoms with Crippen molar-refractivity contribution in [1.29, 1.82) is 0 Å². The average molecular weight is 322 g/mol.